The van der Waals surface area contributed by atoms with Crippen LogP contribution in [0.2, 0.25) is 0 Å². The number of nitrogens with one attached hydrogen (secondary N) is 2. The van der Waals surface area contributed by atoms with Crippen molar-refractivity contribution in [2.45, 2.75) is 25.3 Å². The van der Waals surface area contributed by atoms with Gasteiger partial charge in [0.1, 0.15) is 11.6 Å². The van der Waals surface area contributed by atoms with Gasteiger partial charge in [-0.2, -0.15) is 0 Å². The molecule has 0 aliphatic heterocycles. The van der Waals surface area contributed by atoms with Crippen molar-refractivity contribution in [1.29, 1.82) is 0 Å². The zero-order chi connectivity index (χ0) is 22.6. The van der Waals surface area contributed by atoms with Crippen LogP contribution in [0.15, 0.2) is 65.6 Å². The number of halogens is 1. The largest absolute Gasteiger partial charge is 0.497 e. The van der Waals surface area contributed by atoms with Gasteiger partial charge in [0, 0.05) is 12.2 Å². The standard InChI is InChI=1S/C23H23FN2O4S/c1-15-5-4-6-22(16(15)2)26-23(27)20-13-19(11-12-21(20)24)31(28,29)25-14-17-7-9-18(30-3)10-8-17/h4-13,25H,14H2,1-3H3,(H,26,27). The molecular formula is C23H23FN2O4S. The fourth-order valence-electron chi connectivity index (χ4n) is 2.93. The number of methoxy groups -OCH3 is 1. The van der Waals surface area contributed by atoms with E-state index in [0.717, 1.165) is 34.9 Å². The molecule has 3 rings (SSSR count). The minimum absolute atomic E-state index is 0.0354. The van der Waals surface area contributed by atoms with Crippen molar-refractivity contribution in [1.82, 2.24) is 4.72 Å². The van der Waals surface area contributed by atoms with E-state index in [4.69, 9.17) is 4.74 Å². The third kappa shape index (κ3) is 5.28. The average Bonchev–Trinajstić information content (AvgIpc) is 2.76. The quantitative estimate of drug-likeness (QED) is 0.575. The van der Waals surface area contributed by atoms with E-state index in [1.165, 1.54) is 0 Å². The average molecular weight is 443 g/mol. The molecule has 0 fully saturated rings. The molecule has 162 valence electrons. The second kappa shape index (κ2) is 9.28. The van der Waals surface area contributed by atoms with Crippen LogP contribution in [0.3, 0.4) is 0 Å². The molecule has 0 aliphatic rings. The number of amides is 1. The number of rotatable bonds is 7. The lowest BCUT2D eigenvalue weighted by atomic mass is 10.1. The molecule has 3 aromatic rings. The molecule has 0 radical (unpaired) electrons. The molecule has 0 spiro atoms. The Bertz CT molecular complexity index is 1210. The van der Waals surface area contributed by atoms with Gasteiger partial charge in [-0.05, 0) is 66.9 Å². The van der Waals surface area contributed by atoms with Crippen molar-refractivity contribution < 1.29 is 22.3 Å². The number of sulfonamides is 1. The summed E-state index contributed by atoms with van der Waals surface area (Å²) in [6.07, 6.45) is 0. The second-order valence-corrected chi connectivity index (χ2v) is 8.78. The Balaban J connectivity index is 1.79. The number of benzene rings is 3. The fraction of sp³-hybridized carbons (Fsp3) is 0.174. The molecule has 0 heterocycles. The molecule has 31 heavy (non-hydrogen) atoms. The van der Waals surface area contributed by atoms with Crippen LogP contribution in [0.25, 0.3) is 0 Å². The lowest BCUT2D eigenvalue weighted by Gasteiger charge is -2.12. The normalized spacial score (nSPS) is 11.2. The van der Waals surface area contributed by atoms with E-state index >= 15 is 0 Å². The van der Waals surface area contributed by atoms with Gasteiger partial charge in [-0.1, -0.05) is 24.3 Å². The highest BCUT2D eigenvalue weighted by atomic mass is 32.2. The van der Waals surface area contributed by atoms with Crippen LogP contribution in [0, 0.1) is 19.7 Å². The van der Waals surface area contributed by atoms with Crippen molar-refractivity contribution in [3.8, 4) is 5.75 Å². The summed E-state index contributed by atoms with van der Waals surface area (Å²) in [5, 5.41) is 2.65. The molecule has 0 saturated carbocycles. The summed E-state index contributed by atoms with van der Waals surface area (Å²) in [5.41, 5.74) is 2.72. The van der Waals surface area contributed by atoms with Crippen molar-refractivity contribution in [2.75, 3.05) is 12.4 Å². The molecule has 0 aliphatic carbocycles. The number of ether oxygens (including phenoxy) is 1. The number of carbonyl (C=O) groups excluding carboxylic acids is 1. The van der Waals surface area contributed by atoms with E-state index in [-0.39, 0.29) is 17.0 Å². The molecule has 1 amide bonds. The molecule has 0 bridgehead atoms. The maximum Gasteiger partial charge on any atom is 0.258 e. The van der Waals surface area contributed by atoms with Crippen LogP contribution in [0.5, 0.6) is 5.75 Å². The zero-order valence-corrected chi connectivity index (χ0v) is 18.2. The van der Waals surface area contributed by atoms with Crippen LogP contribution in [0.1, 0.15) is 27.0 Å². The van der Waals surface area contributed by atoms with Crippen LogP contribution >= 0.6 is 0 Å². The van der Waals surface area contributed by atoms with Gasteiger partial charge in [0.25, 0.3) is 5.91 Å². The summed E-state index contributed by atoms with van der Waals surface area (Å²) < 4.78 is 47.2. The molecule has 0 atom stereocenters. The molecule has 2 N–H and O–H groups in total. The summed E-state index contributed by atoms with van der Waals surface area (Å²) in [7, 11) is -2.42. The van der Waals surface area contributed by atoms with Crippen molar-refractivity contribution in [3.63, 3.8) is 0 Å². The van der Waals surface area contributed by atoms with Gasteiger partial charge in [0.15, 0.2) is 0 Å². The van der Waals surface area contributed by atoms with E-state index in [2.05, 4.69) is 10.0 Å². The van der Waals surface area contributed by atoms with Gasteiger partial charge in [-0.25, -0.2) is 17.5 Å². The van der Waals surface area contributed by atoms with Crippen LogP contribution in [0.4, 0.5) is 10.1 Å². The van der Waals surface area contributed by atoms with Crippen LogP contribution in [-0.4, -0.2) is 21.4 Å². The van der Waals surface area contributed by atoms with Crippen molar-refractivity contribution in [2.24, 2.45) is 0 Å². The maximum absolute atomic E-state index is 14.3. The second-order valence-electron chi connectivity index (χ2n) is 7.02. The van der Waals surface area contributed by atoms with Gasteiger partial charge in [-0.15, -0.1) is 0 Å². The van der Waals surface area contributed by atoms with Gasteiger partial charge in [-0.3, -0.25) is 4.79 Å². The number of aryl methyl sites for hydroxylation is 1. The topological polar surface area (TPSA) is 84.5 Å². The summed E-state index contributed by atoms with van der Waals surface area (Å²) >= 11 is 0. The Labute approximate surface area is 181 Å². The Hall–Kier alpha value is -3.23. The summed E-state index contributed by atoms with van der Waals surface area (Å²) in [6.45, 7) is 3.77. The molecule has 0 unspecified atom stereocenters. The predicted molar refractivity (Wildman–Crippen MR) is 117 cm³/mol. The predicted octanol–water partition coefficient (Wildman–Crippen LogP) is 4.18. The maximum atomic E-state index is 14.3. The number of anilines is 1. The van der Waals surface area contributed by atoms with Gasteiger partial charge >= 0.3 is 0 Å². The summed E-state index contributed by atoms with van der Waals surface area (Å²) in [4.78, 5) is 12.4. The monoisotopic (exact) mass is 442 g/mol. The first-order valence-electron chi connectivity index (χ1n) is 9.51. The molecule has 8 heteroatoms. The van der Waals surface area contributed by atoms with Gasteiger partial charge in [0.2, 0.25) is 10.0 Å². The Morgan fingerprint density at radius 2 is 1.74 bits per heavy atom. The van der Waals surface area contributed by atoms with Crippen LogP contribution in [-0.2, 0) is 16.6 Å². The molecule has 0 aromatic heterocycles. The first-order chi connectivity index (χ1) is 14.7. The van der Waals surface area contributed by atoms with Crippen LogP contribution < -0.4 is 14.8 Å². The van der Waals surface area contributed by atoms with E-state index in [0.29, 0.717) is 11.4 Å². The fourth-order valence-corrected chi connectivity index (χ4v) is 3.97. The highest BCUT2D eigenvalue weighted by Crippen LogP contribution is 2.21. The number of hydrogen-bond donors (Lipinski definition) is 2. The first kappa shape index (κ1) is 22.5. The lowest BCUT2D eigenvalue weighted by Crippen LogP contribution is -2.24. The summed E-state index contributed by atoms with van der Waals surface area (Å²) in [6, 6.07) is 15.4. The number of hydrogen-bond acceptors (Lipinski definition) is 4. The molecule has 6 nitrogen and oxygen atoms in total. The van der Waals surface area contributed by atoms with Crippen molar-refractivity contribution in [3.05, 3.63) is 88.7 Å². The molecule has 0 saturated heterocycles. The van der Waals surface area contributed by atoms with E-state index in [9.17, 15) is 17.6 Å². The minimum atomic E-state index is -3.96. The van der Waals surface area contributed by atoms with E-state index in [1.807, 2.05) is 19.9 Å². The Morgan fingerprint density at radius 3 is 2.42 bits per heavy atom. The molecule has 3 aromatic carbocycles. The van der Waals surface area contributed by atoms with Crippen molar-refractivity contribution >= 4 is 21.6 Å². The number of carbonyl (C=O) groups is 1. The third-order valence-corrected chi connectivity index (χ3v) is 6.37. The third-order valence-electron chi connectivity index (χ3n) is 4.97. The Morgan fingerprint density at radius 1 is 1.03 bits per heavy atom. The summed E-state index contributed by atoms with van der Waals surface area (Å²) in [5.74, 6) is -0.875. The Kier molecular flexibility index (Phi) is 6.72. The first-order valence-corrected chi connectivity index (χ1v) is 11.0. The SMILES string of the molecule is COc1ccc(CNS(=O)(=O)c2ccc(F)c(C(=O)Nc3cccc(C)c3C)c2)cc1. The van der Waals surface area contributed by atoms with Gasteiger partial charge in [0.05, 0.1) is 17.6 Å². The van der Waals surface area contributed by atoms with E-state index < -0.39 is 21.7 Å². The van der Waals surface area contributed by atoms with E-state index in [1.54, 1.807) is 43.5 Å². The highest BCUT2D eigenvalue weighted by molar-refractivity contribution is 7.89. The highest BCUT2D eigenvalue weighted by Gasteiger charge is 2.20. The lowest BCUT2D eigenvalue weighted by molar-refractivity contribution is 0.102. The minimum Gasteiger partial charge on any atom is -0.497 e. The smallest absolute Gasteiger partial charge is 0.258 e. The zero-order valence-electron chi connectivity index (χ0n) is 17.4. The molecular weight excluding hydrogens is 419 g/mol. The van der Waals surface area contributed by atoms with Gasteiger partial charge < -0.3 is 10.1 Å².